The summed E-state index contributed by atoms with van der Waals surface area (Å²) in [4.78, 5) is 256. The first kappa shape index (κ1) is 110. The van der Waals surface area contributed by atoms with Crippen LogP contribution < -0.4 is 55.3 Å². The van der Waals surface area contributed by atoms with Gasteiger partial charge in [0.05, 0.1) is 112 Å². The second kappa shape index (κ2) is 62.6. The number of rotatable bonds is 55. The van der Waals surface area contributed by atoms with Crippen LogP contribution in [-0.2, 0) is 134 Å². The lowest BCUT2D eigenvalue weighted by atomic mass is 10.1. The maximum Gasteiger partial charge on any atom is 0.305 e. The minimum absolute atomic E-state index is 0.00629. The standard InChI is InChI=1S/C18H30N4O7.C18H27N3O6S.C14H21N3O5S.C14H23N3O5.C11H16N2O5S/c1-13-12-16(25)22(18(13)27)6-10-28-9-5-21-17(26)14(19)2-3-15(24)20-4-8-29-11-7-23;1-2-7-20-17(25)14(19)6-5-13(23)11-27-8-3-4-12(22)10-21-16(24)9-15(28)18(21)26;1-2-5-16-13(20)9(15)3-4-12(19)22-7-6-17-11(18)8-10(23)14(17)21;1-10-9-12(19)17(14(10)21)5-8-22-7-4-16-13(20)11(15)3-2-6-18;12-7(6-14)1-2-10(16)18-4-3-13-9(15)5-8(19)11(13)17/h7,13-14H,2-6,8-12,19H2,1H3,(H,20,24)(H,21,26);2,14-15,28H,1,3-11,19H2,(H,20,25);2,9-10,23H,1,3-8,15H2,(H,16,20);6,10-11H,2-5,7-9,15H2,1H3,(H,16,20);6-8,19H,1-5,12H2. The average molecular weight is 1770 g/mol. The predicted molar refractivity (Wildman–Crippen MR) is 437 cm³/mol. The lowest BCUT2D eigenvalue weighted by molar-refractivity contribution is -0.148. The highest BCUT2D eigenvalue weighted by molar-refractivity contribution is 7.82. The van der Waals surface area contributed by atoms with E-state index < -0.39 is 75.6 Å². The number of hydrogen-bond acceptors (Lipinski definition) is 36. The van der Waals surface area contributed by atoms with Gasteiger partial charge in [0.2, 0.25) is 88.6 Å². The summed E-state index contributed by atoms with van der Waals surface area (Å²) in [6.45, 7) is 13.0. The summed E-state index contributed by atoms with van der Waals surface area (Å²) in [5, 5.41) is 11.0. The summed E-state index contributed by atoms with van der Waals surface area (Å²) in [7, 11) is 0. The second-order valence-electron chi connectivity index (χ2n) is 27.5. The molecule has 0 spiro atoms. The van der Waals surface area contributed by atoms with Crippen LogP contribution in [0.25, 0.3) is 0 Å². The van der Waals surface area contributed by atoms with Gasteiger partial charge in [0.15, 0.2) is 11.6 Å². The summed E-state index contributed by atoms with van der Waals surface area (Å²) < 4.78 is 30.5. The molecule has 15 N–H and O–H groups in total. The zero-order chi connectivity index (χ0) is 91.1. The third-order valence-electron chi connectivity index (χ3n) is 17.6. The van der Waals surface area contributed by atoms with Gasteiger partial charge in [-0.15, -0.1) is 13.2 Å². The molecule has 15 amide bonds. The lowest BCUT2D eigenvalue weighted by Gasteiger charge is -2.15. The van der Waals surface area contributed by atoms with Crippen LogP contribution in [0.1, 0.15) is 123 Å². The number of amides is 15. The Balaban J connectivity index is 0.000000762. The van der Waals surface area contributed by atoms with Crippen LogP contribution in [0.15, 0.2) is 25.3 Å². The molecule has 5 saturated heterocycles. The van der Waals surface area contributed by atoms with Gasteiger partial charge < -0.3 is 98.1 Å². The number of thiol groups is 3. The molecular weight excluding hydrogens is 1660 g/mol. The Hall–Kier alpha value is -9.49. The number of imide groups is 5. The molecule has 0 aromatic heterocycles. The van der Waals surface area contributed by atoms with E-state index in [4.69, 9.17) is 57.1 Å². The van der Waals surface area contributed by atoms with Gasteiger partial charge in [0.25, 0.3) is 0 Å². The second-order valence-corrected chi connectivity index (χ2v) is 29.4. The number of Topliss-reactive ketones (excluding diaryl/α,β-unsaturated/α-hetero) is 2. The van der Waals surface area contributed by atoms with Gasteiger partial charge in [-0.2, -0.15) is 37.9 Å². The number of ketones is 2. The SMILES string of the molecule is C=CCNC(=O)C(N)CCC(=O)COCCCC(=O)CN1C(=O)CC(S)C1=O.C=CCNC(=O)C(N)CCC(=O)OCCN1C(=O)CC(S)C1=O.CC1CC(=O)N(CCOCCNC(=O)C(N)CCC(=O)NCCOCC=O)C1=O.CC1CC(=O)N(CCOCCNC(=O)C(N)CCC=O)C1=O.NC(C=O)CCC(=O)OCCN1C(=O)CC(S)C1=O. The van der Waals surface area contributed by atoms with Gasteiger partial charge in [-0.1, -0.05) is 26.0 Å². The predicted octanol–water partition coefficient (Wildman–Crippen LogP) is -5.95. The van der Waals surface area contributed by atoms with Gasteiger partial charge in [-0.3, -0.25) is 116 Å². The summed E-state index contributed by atoms with van der Waals surface area (Å²) in [6, 6.07) is -3.79. The zero-order valence-corrected chi connectivity index (χ0v) is 70.8. The van der Waals surface area contributed by atoms with Crippen molar-refractivity contribution in [3.8, 4) is 0 Å². The van der Waals surface area contributed by atoms with E-state index in [0.29, 0.717) is 38.5 Å². The van der Waals surface area contributed by atoms with Gasteiger partial charge >= 0.3 is 11.9 Å². The smallest absolute Gasteiger partial charge is 0.305 e. The first-order chi connectivity index (χ1) is 57.4. The first-order valence-corrected chi connectivity index (χ1v) is 40.6. The molecule has 5 aliphatic heterocycles. The van der Waals surface area contributed by atoms with E-state index in [2.05, 4.69) is 77.6 Å². The minimum Gasteiger partial charge on any atom is -0.464 e. The number of likely N-dealkylation sites (tertiary alicyclic amines) is 5. The highest BCUT2D eigenvalue weighted by Gasteiger charge is 2.40. The number of ether oxygens (including phenoxy) is 6. The molecule has 678 valence electrons. The van der Waals surface area contributed by atoms with Crippen LogP contribution >= 0.6 is 37.9 Å². The Kier molecular flexibility index (Phi) is 56.7. The number of carbonyl (C=O) groups is 22. The molecule has 5 fully saturated rings. The van der Waals surface area contributed by atoms with E-state index in [1.807, 2.05) is 0 Å². The molecule has 5 rings (SSSR count). The fourth-order valence-electron chi connectivity index (χ4n) is 10.7. The maximum atomic E-state index is 11.9. The lowest BCUT2D eigenvalue weighted by Crippen LogP contribution is -2.42. The normalized spacial score (nSPS) is 18.5. The highest BCUT2D eigenvalue weighted by Crippen LogP contribution is 2.22. The van der Waals surface area contributed by atoms with E-state index in [9.17, 15) is 105 Å². The first-order valence-electron chi connectivity index (χ1n) is 39.0. The number of nitrogens with two attached hydrogens (primary N) is 5. The van der Waals surface area contributed by atoms with Crippen molar-refractivity contribution in [2.75, 3.05) is 132 Å². The Morgan fingerprint density at radius 1 is 0.421 bits per heavy atom. The molecule has 0 radical (unpaired) electrons. The van der Waals surface area contributed by atoms with E-state index >= 15 is 0 Å². The van der Waals surface area contributed by atoms with E-state index in [1.54, 1.807) is 13.8 Å². The molecule has 0 bridgehead atoms. The molecule has 0 aliphatic carbocycles. The molecule has 0 aromatic rings. The molecule has 121 heavy (non-hydrogen) atoms. The highest BCUT2D eigenvalue weighted by atomic mass is 32.1. The van der Waals surface area contributed by atoms with Crippen LogP contribution in [0, 0.1) is 11.8 Å². The average Bonchev–Trinajstić information content (AvgIpc) is 1.68. The van der Waals surface area contributed by atoms with Crippen molar-refractivity contribution in [3.63, 3.8) is 0 Å². The molecule has 10 atom stereocenters. The molecule has 5 heterocycles. The van der Waals surface area contributed by atoms with Crippen molar-refractivity contribution in [1.82, 2.24) is 51.1 Å². The number of carbonyl (C=O) groups excluding carboxylic acids is 22. The van der Waals surface area contributed by atoms with Crippen molar-refractivity contribution >= 4 is 169 Å². The summed E-state index contributed by atoms with van der Waals surface area (Å²) in [5.74, 6) is -6.66. The van der Waals surface area contributed by atoms with Crippen molar-refractivity contribution in [3.05, 3.63) is 25.3 Å². The van der Waals surface area contributed by atoms with Crippen LogP contribution in [0.4, 0.5) is 0 Å². The molecule has 0 saturated carbocycles. The number of nitrogens with one attached hydrogen (secondary N) is 5. The van der Waals surface area contributed by atoms with E-state index in [1.165, 1.54) is 22.0 Å². The molecular formula is C75H117N15O28S3. The Labute approximate surface area is 716 Å². The quantitative estimate of drug-likeness (QED) is 0.00673. The van der Waals surface area contributed by atoms with E-state index in [-0.39, 0.29) is 309 Å². The summed E-state index contributed by atoms with van der Waals surface area (Å²) in [6.07, 6.45) is 7.63. The van der Waals surface area contributed by atoms with Gasteiger partial charge in [0, 0.05) is 122 Å². The van der Waals surface area contributed by atoms with Crippen LogP contribution in [0.5, 0.6) is 0 Å². The number of hydrogen-bond donors (Lipinski definition) is 13. The van der Waals surface area contributed by atoms with Gasteiger partial charge in [0.1, 0.15) is 45.3 Å². The van der Waals surface area contributed by atoms with Gasteiger partial charge in [-0.25, -0.2) is 0 Å². The topological polar surface area (TPSA) is 637 Å². The molecule has 5 aliphatic rings. The molecule has 46 heteroatoms. The Bertz CT molecular complexity index is 3550. The van der Waals surface area contributed by atoms with E-state index in [0.717, 1.165) is 21.0 Å². The monoisotopic (exact) mass is 1770 g/mol. The fourth-order valence-corrected chi connectivity index (χ4v) is 11.6. The number of esters is 2. The van der Waals surface area contributed by atoms with Crippen molar-refractivity contribution in [2.45, 2.75) is 169 Å². The van der Waals surface area contributed by atoms with Crippen LogP contribution in [0.3, 0.4) is 0 Å². The summed E-state index contributed by atoms with van der Waals surface area (Å²) in [5.41, 5.74) is 27.9. The number of nitrogens with zero attached hydrogens (tertiary/aromatic N) is 5. The summed E-state index contributed by atoms with van der Waals surface area (Å²) >= 11 is 12.0. The fraction of sp³-hybridized carbons (Fsp3) is 0.653. The molecule has 0 aromatic carbocycles. The largest absolute Gasteiger partial charge is 0.464 e. The Morgan fingerprint density at radius 3 is 1.21 bits per heavy atom. The van der Waals surface area contributed by atoms with Crippen molar-refractivity contribution in [1.29, 1.82) is 0 Å². The van der Waals surface area contributed by atoms with Gasteiger partial charge in [-0.05, 0) is 38.5 Å². The third kappa shape index (κ3) is 45.3. The Morgan fingerprint density at radius 2 is 0.802 bits per heavy atom. The maximum absolute atomic E-state index is 11.9. The molecule has 43 nitrogen and oxygen atoms in total. The molecule has 10 unspecified atom stereocenters. The van der Waals surface area contributed by atoms with Crippen molar-refractivity contribution < 1.29 is 134 Å². The third-order valence-corrected chi connectivity index (χ3v) is 18.8. The van der Waals surface area contributed by atoms with Crippen molar-refractivity contribution in [2.24, 2.45) is 40.5 Å². The zero-order valence-electron chi connectivity index (χ0n) is 68.1. The van der Waals surface area contributed by atoms with Crippen LogP contribution in [0.2, 0.25) is 0 Å². The van der Waals surface area contributed by atoms with Crippen LogP contribution in [-0.4, -0.2) is 333 Å². The minimum atomic E-state index is -0.826. The number of aldehydes is 3.